The molecule has 0 fully saturated rings. The summed E-state index contributed by atoms with van der Waals surface area (Å²) in [6.45, 7) is 0. The largest absolute Gasteiger partial charge is 0.463 e. The summed E-state index contributed by atoms with van der Waals surface area (Å²) in [5.74, 6) is -0.0727. The molecule has 0 aliphatic carbocycles. The molecule has 0 spiro atoms. The number of alkyl halides is 12. The van der Waals surface area contributed by atoms with Gasteiger partial charge in [0.15, 0.2) is 5.76 Å². The molecule has 0 atom stereocenters. The van der Waals surface area contributed by atoms with Gasteiger partial charge in [0.05, 0.1) is 28.5 Å². The SMILES string of the molecule is FC(F)(F)c1cc(C(F)(F)F)c(C(F)(F)F)c(-c2nnc(-c3ccco3)c3cc4ccccc4cc23)c1C(F)(F)F. The van der Waals surface area contributed by atoms with Gasteiger partial charge in [0.1, 0.15) is 11.4 Å². The Bertz CT molecular complexity index is 1730. The van der Waals surface area contributed by atoms with Gasteiger partial charge in [-0.3, -0.25) is 0 Å². The summed E-state index contributed by atoms with van der Waals surface area (Å²) >= 11 is 0. The van der Waals surface area contributed by atoms with Gasteiger partial charge in [0.25, 0.3) is 0 Å². The van der Waals surface area contributed by atoms with Gasteiger partial charge in [-0.05, 0) is 41.1 Å². The van der Waals surface area contributed by atoms with Gasteiger partial charge in [0.2, 0.25) is 0 Å². The second-order valence-electron chi connectivity index (χ2n) is 8.71. The third-order valence-electron chi connectivity index (χ3n) is 6.14. The molecule has 5 aromatic rings. The number of hydrogen-bond acceptors (Lipinski definition) is 3. The number of halogens is 12. The van der Waals surface area contributed by atoms with Crippen LogP contribution in [0.25, 0.3) is 44.3 Å². The van der Waals surface area contributed by atoms with E-state index in [1.54, 1.807) is 6.07 Å². The third-order valence-corrected chi connectivity index (χ3v) is 6.14. The van der Waals surface area contributed by atoms with Crippen molar-refractivity contribution in [1.29, 1.82) is 0 Å². The minimum Gasteiger partial charge on any atom is -0.463 e. The van der Waals surface area contributed by atoms with Gasteiger partial charge < -0.3 is 4.42 Å². The molecule has 0 saturated heterocycles. The fourth-order valence-corrected chi connectivity index (χ4v) is 4.58. The maximum atomic E-state index is 14.3. The molecule has 0 N–H and O–H groups in total. The number of fused-ring (bicyclic) bond motifs is 2. The minimum absolute atomic E-state index is 0.0727. The Morgan fingerprint density at radius 1 is 0.512 bits per heavy atom. The number of rotatable bonds is 2. The summed E-state index contributed by atoms with van der Waals surface area (Å²) in [6.07, 6.45) is -23.6. The fraction of sp³-hybridized carbons (Fsp3) is 0.154. The lowest BCUT2D eigenvalue weighted by Gasteiger charge is -2.26. The molecule has 214 valence electrons. The first-order valence-corrected chi connectivity index (χ1v) is 11.1. The van der Waals surface area contributed by atoms with Gasteiger partial charge in [-0.25, -0.2) is 0 Å². The molecule has 0 saturated carbocycles. The van der Waals surface area contributed by atoms with Crippen LogP contribution in [-0.2, 0) is 24.7 Å². The highest BCUT2D eigenvalue weighted by Gasteiger charge is 2.54. The highest BCUT2D eigenvalue weighted by Crippen LogP contribution is 2.54. The van der Waals surface area contributed by atoms with E-state index < -0.39 is 69.7 Å². The van der Waals surface area contributed by atoms with Crippen molar-refractivity contribution in [1.82, 2.24) is 10.2 Å². The summed E-state index contributed by atoms with van der Waals surface area (Å²) in [7, 11) is 0. The van der Waals surface area contributed by atoms with E-state index in [1.165, 1.54) is 36.4 Å². The van der Waals surface area contributed by atoms with E-state index in [9.17, 15) is 52.7 Å². The van der Waals surface area contributed by atoms with Crippen LogP contribution in [0.2, 0.25) is 0 Å². The van der Waals surface area contributed by atoms with Crippen LogP contribution < -0.4 is 0 Å². The number of benzene rings is 3. The van der Waals surface area contributed by atoms with Gasteiger partial charge >= 0.3 is 24.7 Å². The zero-order valence-corrected chi connectivity index (χ0v) is 19.6. The van der Waals surface area contributed by atoms with Crippen LogP contribution in [0.4, 0.5) is 52.7 Å². The van der Waals surface area contributed by atoms with E-state index in [-0.39, 0.29) is 22.2 Å². The molecule has 41 heavy (non-hydrogen) atoms. The van der Waals surface area contributed by atoms with E-state index in [4.69, 9.17) is 4.42 Å². The van der Waals surface area contributed by atoms with Crippen molar-refractivity contribution >= 4 is 21.5 Å². The second-order valence-corrected chi connectivity index (χ2v) is 8.71. The van der Waals surface area contributed by atoms with Crippen molar-refractivity contribution in [3.05, 3.63) is 83.1 Å². The zero-order chi connectivity index (χ0) is 30.1. The average molecular weight is 594 g/mol. The third kappa shape index (κ3) is 4.93. The molecule has 2 aromatic heterocycles. The zero-order valence-electron chi connectivity index (χ0n) is 19.6. The molecule has 0 radical (unpaired) electrons. The van der Waals surface area contributed by atoms with E-state index >= 15 is 0 Å². The number of furan rings is 1. The Balaban J connectivity index is 2.09. The molecule has 15 heteroatoms. The molecule has 0 bridgehead atoms. The van der Waals surface area contributed by atoms with Crippen LogP contribution in [-0.4, -0.2) is 10.2 Å². The van der Waals surface area contributed by atoms with E-state index in [0.717, 1.165) is 12.3 Å². The van der Waals surface area contributed by atoms with Crippen LogP contribution in [0, 0.1) is 0 Å². The van der Waals surface area contributed by atoms with Gasteiger partial charge in [-0.2, -0.15) is 52.7 Å². The van der Waals surface area contributed by atoms with Crippen LogP contribution in [0.15, 0.2) is 65.3 Å². The summed E-state index contributed by atoms with van der Waals surface area (Å²) in [5, 5.41) is 6.70. The number of hydrogen-bond donors (Lipinski definition) is 0. The van der Waals surface area contributed by atoms with Gasteiger partial charge in [0, 0.05) is 16.3 Å². The minimum atomic E-state index is -6.21. The predicted molar refractivity (Wildman–Crippen MR) is 120 cm³/mol. The smallest absolute Gasteiger partial charge is 0.417 e. The molecular weight excluding hydrogens is 584 g/mol. The highest BCUT2D eigenvalue weighted by molar-refractivity contribution is 6.08. The molecule has 3 aromatic carbocycles. The quantitative estimate of drug-likeness (QED) is 0.151. The lowest BCUT2D eigenvalue weighted by molar-refractivity contribution is -0.170. The fourth-order valence-electron chi connectivity index (χ4n) is 4.58. The monoisotopic (exact) mass is 594 g/mol. The molecule has 0 aliphatic heterocycles. The Labute approximate surface area is 220 Å². The summed E-state index contributed by atoms with van der Waals surface area (Å²) < 4.78 is 174. The standard InChI is InChI=1S/C26H10F12N2O/c27-23(28,29)15-10-16(24(30,31)32)20(26(36,37)38)18(19(15)25(33,34)35)22-14-9-12-5-2-1-4-11(12)8-13(14)21(39-40-22)17-6-3-7-41-17/h1-10H. The molecule has 0 amide bonds. The maximum absolute atomic E-state index is 14.3. The summed E-state index contributed by atoms with van der Waals surface area (Å²) in [6, 6.07) is 9.64. The lowest BCUT2D eigenvalue weighted by Crippen LogP contribution is -2.26. The lowest BCUT2D eigenvalue weighted by atomic mass is 9.86. The van der Waals surface area contributed by atoms with E-state index in [2.05, 4.69) is 10.2 Å². The van der Waals surface area contributed by atoms with Crippen LogP contribution >= 0.6 is 0 Å². The van der Waals surface area contributed by atoms with Crippen molar-refractivity contribution in [2.75, 3.05) is 0 Å². The van der Waals surface area contributed by atoms with E-state index in [1.807, 2.05) is 0 Å². The normalized spacial score (nSPS) is 13.4. The summed E-state index contributed by atoms with van der Waals surface area (Å²) in [4.78, 5) is 0. The Kier molecular flexibility index (Phi) is 6.27. The second kappa shape index (κ2) is 9.11. The van der Waals surface area contributed by atoms with Gasteiger partial charge in [-0.15, -0.1) is 10.2 Å². The Morgan fingerprint density at radius 2 is 0.976 bits per heavy atom. The first-order valence-electron chi connectivity index (χ1n) is 11.1. The van der Waals surface area contributed by atoms with Crippen molar-refractivity contribution in [3.63, 3.8) is 0 Å². The first kappa shape index (κ1) is 28.2. The molecule has 0 unspecified atom stereocenters. The molecule has 3 nitrogen and oxygen atoms in total. The van der Waals surface area contributed by atoms with Crippen molar-refractivity contribution in [2.45, 2.75) is 24.7 Å². The molecule has 2 heterocycles. The first-order chi connectivity index (χ1) is 18.9. The molecular formula is C26H10F12N2O. The average Bonchev–Trinajstić information content (AvgIpc) is 3.38. The Hall–Kier alpha value is -4.30. The predicted octanol–water partition coefficient (Wildman–Crippen LogP) is 9.79. The van der Waals surface area contributed by atoms with Gasteiger partial charge in [-0.1, -0.05) is 24.3 Å². The number of aromatic nitrogens is 2. The van der Waals surface area contributed by atoms with E-state index in [0.29, 0.717) is 5.39 Å². The van der Waals surface area contributed by atoms with Crippen LogP contribution in [0.3, 0.4) is 0 Å². The molecule has 5 rings (SSSR count). The Morgan fingerprint density at radius 3 is 1.39 bits per heavy atom. The molecule has 0 aliphatic rings. The van der Waals surface area contributed by atoms with Crippen molar-refractivity contribution in [2.24, 2.45) is 0 Å². The number of nitrogens with zero attached hydrogens (tertiary/aromatic N) is 2. The summed E-state index contributed by atoms with van der Waals surface area (Å²) in [5.41, 5.74) is -16.1. The van der Waals surface area contributed by atoms with Crippen molar-refractivity contribution in [3.8, 4) is 22.7 Å². The van der Waals surface area contributed by atoms with Crippen molar-refractivity contribution < 1.29 is 57.1 Å². The topological polar surface area (TPSA) is 38.9 Å². The van der Waals surface area contributed by atoms with Crippen LogP contribution in [0.1, 0.15) is 22.3 Å². The van der Waals surface area contributed by atoms with Crippen LogP contribution in [0.5, 0.6) is 0 Å². The highest BCUT2D eigenvalue weighted by atomic mass is 19.4. The maximum Gasteiger partial charge on any atom is 0.417 e.